The fourth-order valence-electron chi connectivity index (χ4n) is 3.22. The highest BCUT2D eigenvalue weighted by Gasteiger charge is 2.23. The first-order valence-corrected chi connectivity index (χ1v) is 7.33. The van der Waals surface area contributed by atoms with Crippen molar-refractivity contribution in [2.24, 2.45) is 5.92 Å². The Hall–Kier alpha value is -1.35. The minimum Gasteiger partial charge on any atom is -0.316 e. The highest BCUT2D eigenvalue weighted by Crippen LogP contribution is 2.29. The van der Waals surface area contributed by atoms with Gasteiger partial charge in [0.15, 0.2) is 0 Å². The van der Waals surface area contributed by atoms with Crippen LogP contribution in [0.3, 0.4) is 0 Å². The van der Waals surface area contributed by atoms with Crippen molar-refractivity contribution in [3.8, 4) is 0 Å². The molecular formula is C16H22N2O. The lowest BCUT2D eigenvalue weighted by molar-refractivity contribution is -0.117. The maximum atomic E-state index is 11.7. The van der Waals surface area contributed by atoms with Crippen LogP contribution in [0.5, 0.6) is 0 Å². The number of benzene rings is 1. The third-order valence-electron chi connectivity index (χ3n) is 4.46. The number of piperidine rings is 1. The molecule has 0 bridgehead atoms. The molecule has 3 heteroatoms. The number of nitrogens with zero attached hydrogens (tertiary/aromatic N) is 1. The van der Waals surface area contributed by atoms with Crippen LogP contribution < -0.4 is 10.2 Å². The lowest BCUT2D eigenvalue weighted by Gasteiger charge is -2.22. The van der Waals surface area contributed by atoms with Gasteiger partial charge in [-0.15, -0.1) is 0 Å². The van der Waals surface area contributed by atoms with Gasteiger partial charge in [0, 0.05) is 12.7 Å². The van der Waals surface area contributed by atoms with E-state index in [2.05, 4.69) is 23.5 Å². The molecule has 0 spiro atoms. The molecule has 2 aliphatic heterocycles. The Bertz CT molecular complexity index is 478. The minimum atomic E-state index is 0.212. The van der Waals surface area contributed by atoms with Gasteiger partial charge in [-0.25, -0.2) is 0 Å². The third-order valence-corrected chi connectivity index (χ3v) is 4.46. The van der Waals surface area contributed by atoms with Gasteiger partial charge in [0.2, 0.25) is 5.91 Å². The normalized spacial score (nSPS) is 22.7. The monoisotopic (exact) mass is 258 g/mol. The lowest BCUT2D eigenvalue weighted by Crippen LogP contribution is -2.29. The second-order valence-corrected chi connectivity index (χ2v) is 5.84. The van der Waals surface area contributed by atoms with Crippen LogP contribution in [0.4, 0.5) is 5.69 Å². The topological polar surface area (TPSA) is 32.3 Å². The van der Waals surface area contributed by atoms with E-state index < -0.39 is 0 Å². The van der Waals surface area contributed by atoms with Crippen molar-refractivity contribution in [1.82, 2.24) is 5.32 Å². The minimum absolute atomic E-state index is 0.212. The van der Waals surface area contributed by atoms with Crippen LogP contribution in [0.15, 0.2) is 18.2 Å². The Balaban J connectivity index is 1.63. The first-order chi connectivity index (χ1) is 9.24. The van der Waals surface area contributed by atoms with Crippen LogP contribution in [0, 0.1) is 5.92 Å². The molecule has 19 heavy (non-hydrogen) atoms. The van der Waals surface area contributed by atoms with Gasteiger partial charge in [-0.2, -0.15) is 0 Å². The summed E-state index contributed by atoms with van der Waals surface area (Å²) in [6, 6.07) is 6.52. The number of amides is 1. The predicted octanol–water partition coefficient (Wildman–Crippen LogP) is 2.14. The molecular weight excluding hydrogens is 236 g/mol. The van der Waals surface area contributed by atoms with Crippen molar-refractivity contribution < 1.29 is 4.79 Å². The number of hydrogen-bond donors (Lipinski definition) is 1. The number of hydrogen-bond acceptors (Lipinski definition) is 2. The van der Waals surface area contributed by atoms with E-state index in [1.54, 1.807) is 4.90 Å². The number of fused-ring (bicyclic) bond motifs is 1. The molecule has 1 atom stereocenters. The Morgan fingerprint density at radius 3 is 3.11 bits per heavy atom. The number of carbonyl (C=O) groups excluding carboxylic acids is 1. The SMILES string of the molecule is CN1C(=O)Cc2cc(CCC3CCCNC3)ccc21. The number of nitrogens with one attached hydrogen (secondary N) is 1. The van der Waals surface area contributed by atoms with Crippen molar-refractivity contribution in [2.45, 2.75) is 32.1 Å². The van der Waals surface area contributed by atoms with E-state index in [1.807, 2.05) is 7.05 Å². The summed E-state index contributed by atoms with van der Waals surface area (Å²) in [6.07, 6.45) is 5.64. The van der Waals surface area contributed by atoms with Gasteiger partial charge in [-0.3, -0.25) is 4.79 Å². The summed E-state index contributed by atoms with van der Waals surface area (Å²) in [7, 11) is 1.86. The van der Waals surface area contributed by atoms with E-state index in [9.17, 15) is 4.79 Å². The quantitative estimate of drug-likeness (QED) is 0.901. The largest absolute Gasteiger partial charge is 0.316 e. The molecule has 2 heterocycles. The molecule has 1 fully saturated rings. The fraction of sp³-hybridized carbons (Fsp3) is 0.562. The average molecular weight is 258 g/mol. The van der Waals surface area contributed by atoms with E-state index in [1.165, 1.54) is 43.5 Å². The van der Waals surface area contributed by atoms with Crippen molar-refractivity contribution in [2.75, 3.05) is 25.0 Å². The van der Waals surface area contributed by atoms with Gasteiger partial charge in [-0.1, -0.05) is 12.1 Å². The van der Waals surface area contributed by atoms with Crippen molar-refractivity contribution in [3.63, 3.8) is 0 Å². The van der Waals surface area contributed by atoms with Crippen LogP contribution in [0.2, 0.25) is 0 Å². The first kappa shape index (κ1) is 12.7. The highest BCUT2D eigenvalue weighted by atomic mass is 16.2. The van der Waals surface area contributed by atoms with Crippen molar-refractivity contribution in [1.29, 1.82) is 0 Å². The molecule has 1 saturated heterocycles. The predicted molar refractivity (Wildman–Crippen MR) is 77.5 cm³/mol. The van der Waals surface area contributed by atoms with Crippen LogP contribution in [0.25, 0.3) is 0 Å². The van der Waals surface area contributed by atoms with Gasteiger partial charge >= 0.3 is 0 Å². The van der Waals surface area contributed by atoms with Crippen molar-refractivity contribution in [3.05, 3.63) is 29.3 Å². The number of anilines is 1. The molecule has 1 N–H and O–H groups in total. The van der Waals surface area contributed by atoms with Gasteiger partial charge < -0.3 is 10.2 Å². The standard InChI is InChI=1S/C16H22N2O/c1-18-15-7-6-12(9-14(15)10-16(18)19)4-5-13-3-2-8-17-11-13/h6-7,9,13,17H,2-5,8,10-11H2,1H3. The summed E-state index contributed by atoms with van der Waals surface area (Å²) in [5, 5.41) is 3.47. The van der Waals surface area contributed by atoms with Crippen LogP contribution in [-0.2, 0) is 17.6 Å². The zero-order chi connectivity index (χ0) is 13.2. The molecule has 0 saturated carbocycles. The summed E-state index contributed by atoms with van der Waals surface area (Å²) in [4.78, 5) is 13.4. The van der Waals surface area contributed by atoms with Crippen LogP contribution in [0.1, 0.15) is 30.4 Å². The Morgan fingerprint density at radius 1 is 1.42 bits per heavy atom. The zero-order valence-electron chi connectivity index (χ0n) is 11.6. The lowest BCUT2D eigenvalue weighted by atomic mass is 9.92. The van der Waals surface area contributed by atoms with Gasteiger partial charge in [-0.05, 0) is 61.9 Å². The average Bonchev–Trinajstić information content (AvgIpc) is 2.73. The molecule has 2 aliphatic rings. The van der Waals surface area contributed by atoms with Gasteiger partial charge in [0.05, 0.1) is 6.42 Å². The summed E-state index contributed by atoms with van der Waals surface area (Å²) < 4.78 is 0. The van der Waals surface area contributed by atoms with E-state index in [4.69, 9.17) is 0 Å². The van der Waals surface area contributed by atoms with E-state index >= 15 is 0 Å². The summed E-state index contributed by atoms with van der Waals surface area (Å²) in [5.41, 5.74) is 3.67. The Morgan fingerprint density at radius 2 is 2.32 bits per heavy atom. The van der Waals surface area contributed by atoms with Crippen LogP contribution >= 0.6 is 0 Å². The van der Waals surface area contributed by atoms with Gasteiger partial charge in [0.25, 0.3) is 0 Å². The maximum absolute atomic E-state index is 11.7. The first-order valence-electron chi connectivity index (χ1n) is 7.33. The fourth-order valence-corrected chi connectivity index (χ4v) is 3.22. The molecule has 1 aromatic carbocycles. The summed E-state index contributed by atoms with van der Waals surface area (Å²) >= 11 is 0. The zero-order valence-corrected chi connectivity index (χ0v) is 11.6. The maximum Gasteiger partial charge on any atom is 0.231 e. The van der Waals surface area contributed by atoms with Crippen molar-refractivity contribution >= 4 is 11.6 Å². The molecule has 0 radical (unpaired) electrons. The number of rotatable bonds is 3. The molecule has 0 aromatic heterocycles. The number of likely N-dealkylation sites (N-methyl/N-ethyl adjacent to an activating group) is 1. The molecule has 1 amide bonds. The Labute approximate surface area is 115 Å². The van der Waals surface area contributed by atoms with E-state index in [-0.39, 0.29) is 5.91 Å². The second kappa shape index (κ2) is 5.33. The molecule has 1 unspecified atom stereocenters. The van der Waals surface area contributed by atoms with Gasteiger partial charge in [0.1, 0.15) is 0 Å². The summed E-state index contributed by atoms with van der Waals surface area (Å²) in [5.74, 6) is 1.04. The third kappa shape index (κ3) is 2.66. The Kier molecular flexibility index (Phi) is 3.56. The van der Waals surface area contributed by atoms with E-state index in [0.29, 0.717) is 6.42 Å². The summed E-state index contributed by atoms with van der Waals surface area (Å²) in [6.45, 7) is 2.36. The van der Waals surface area contributed by atoms with Crippen LogP contribution in [-0.4, -0.2) is 26.0 Å². The number of aryl methyl sites for hydroxylation is 1. The highest BCUT2D eigenvalue weighted by molar-refractivity contribution is 6.00. The smallest absolute Gasteiger partial charge is 0.231 e. The second-order valence-electron chi connectivity index (χ2n) is 5.84. The molecule has 102 valence electrons. The molecule has 0 aliphatic carbocycles. The molecule has 3 nitrogen and oxygen atoms in total. The van der Waals surface area contributed by atoms with E-state index in [0.717, 1.165) is 18.0 Å². The molecule has 1 aromatic rings. The molecule has 3 rings (SSSR count). The number of carbonyl (C=O) groups is 1.